The lowest BCUT2D eigenvalue weighted by atomic mass is 10.1. The van der Waals surface area contributed by atoms with Crippen LogP contribution in [0.3, 0.4) is 0 Å². The minimum atomic E-state index is -2.99. The maximum Gasteiger partial charge on any atom is 0.387 e. The summed E-state index contributed by atoms with van der Waals surface area (Å²) < 4.78 is 39.2. The molecule has 8 nitrogen and oxygen atoms in total. The normalized spacial score (nSPS) is 12.8. The number of halogens is 2. The molecule has 0 aromatic heterocycles. The van der Waals surface area contributed by atoms with Crippen LogP contribution >= 0.6 is 0 Å². The van der Waals surface area contributed by atoms with E-state index in [1.54, 1.807) is 0 Å². The Morgan fingerprint density at radius 3 is 2.47 bits per heavy atom. The lowest BCUT2D eigenvalue weighted by molar-refractivity contribution is -0.0512. The molecule has 10 heteroatoms. The van der Waals surface area contributed by atoms with E-state index in [2.05, 4.69) is 10.1 Å². The van der Waals surface area contributed by atoms with Crippen molar-refractivity contribution < 1.29 is 37.4 Å². The molecule has 0 radical (unpaired) electrons. The average molecular weight is 448 g/mol. The van der Waals surface area contributed by atoms with Gasteiger partial charge in [-0.3, -0.25) is 19.3 Å². The third-order valence-corrected chi connectivity index (χ3v) is 4.86. The van der Waals surface area contributed by atoms with Gasteiger partial charge in [-0.25, -0.2) is 0 Å². The zero-order valence-corrected chi connectivity index (χ0v) is 17.5. The van der Waals surface area contributed by atoms with Crippen LogP contribution < -0.4 is 14.8 Å². The van der Waals surface area contributed by atoms with Crippen molar-refractivity contribution in [2.45, 2.75) is 19.6 Å². The Balaban J connectivity index is 1.68. The number of carbonyl (C=O) groups excluding carboxylic acids is 3. The summed E-state index contributed by atoms with van der Waals surface area (Å²) in [7, 11) is 2.85. The monoisotopic (exact) mass is 448 g/mol. The zero-order chi connectivity index (χ0) is 23.3. The number of ether oxygens (including phenoxy) is 3. The number of methoxy groups -OCH3 is 2. The van der Waals surface area contributed by atoms with Gasteiger partial charge in [-0.1, -0.05) is 6.07 Å². The van der Waals surface area contributed by atoms with Crippen molar-refractivity contribution >= 4 is 17.7 Å². The SMILES string of the molecule is COCCCN1C(=O)c2ccc(C(=O)NCc3ccc(OC(F)F)c(OC)c3)cc2C1=O. The predicted molar refractivity (Wildman–Crippen MR) is 109 cm³/mol. The van der Waals surface area contributed by atoms with E-state index in [0.29, 0.717) is 18.6 Å². The molecule has 0 saturated heterocycles. The van der Waals surface area contributed by atoms with Crippen molar-refractivity contribution in [1.82, 2.24) is 10.2 Å². The lowest BCUT2D eigenvalue weighted by Gasteiger charge is -2.12. The predicted octanol–water partition coefficient (Wildman–Crippen LogP) is 2.86. The highest BCUT2D eigenvalue weighted by Gasteiger charge is 2.35. The van der Waals surface area contributed by atoms with Gasteiger partial charge in [-0.2, -0.15) is 8.78 Å². The van der Waals surface area contributed by atoms with Crippen LogP contribution in [0.5, 0.6) is 11.5 Å². The van der Waals surface area contributed by atoms with Crippen LogP contribution in [0.1, 0.15) is 43.1 Å². The molecule has 2 aromatic rings. The van der Waals surface area contributed by atoms with E-state index in [0.717, 1.165) is 4.90 Å². The number of fused-ring (bicyclic) bond motifs is 1. The van der Waals surface area contributed by atoms with E-state index in [1.165, 1.54) is 50.6 Å². The first-order valence-corrected chi connectivity index (χ1v) is 9.74. The summed E-state index contributed by atoms with van der Waals surface area (Å²) in [5.74, 6) is -1.32. The maximum absolute atomic E-state index is 12.6. The fourth-order valence-electron chi connectivity index (χ4n) is 3.30. The molecule has 32 heavy (non-hydrogen) atoms. The van der Waals surface area contributed by atoms with Gasteiger partial charge in [0, 0.05) is 32.4 Å². The summed E-state index contributed by atoms with van der Waals surface area (Å²) in [6.45, 7) is -2.26. The molecule has 170 valence electrons. The lowest BCUT2D eigenvalue weighted by Crippen LogP contribution is -2.31. The van der Waals surface area contributed by atoms with Crippen molar-refractivity contribution in [2.75, 3.05) is 27.4 Å². The Hall–Kier alpha value is -3.53. The molecule has 0 fully saturated rings. The van der Waals surface area contributed by atoms with Gasteiger partial charge in [0.05, 0.1) is 18.2 Å². The van der Waals surface area contributed by atoms with Gasteiger partial charge in [-0.15, -0.1) is 0 Å². The Kier molecular flexibility index (Phi) is 7.37. The average Bonchev–Trinajstić information content (AvgIpc) is 3.02. The van der Waals surface area contributed by atoms with E-state index in [4.69, 9.17) is 9.47 Å². The van der Waals surface area contributed by atoms with Crippen LogP contribution in [0.2, 0.25) is 0 Å². The number of alkyl halides is 2. The van der Waals surface area contributed by atoms with Gasteiger partial charge in [0.2, 0.25) is 0 Å². The molecule has 0 bridgehead atoms. The number of nitrogens with zero attached hydrogens (tertiary/aromatic N) is 1. The first-order valence-electron chi connectivity index (χ1n) is 9.74. The van der Waals surface area contributed by atoms with Gasteiger partial charge < -0.3 is 19.5 Å². The molecule has 0 aliphatic carbocycles. The fourth-order valence-corrected chi connectivity index (χ4v) is 3.30. The molecule has 3 amide bonds. The standard InChI is InChI=1S/C22H22F2N2O6/c1-30-9-3-8-26-20(28)15-6-5-14(11-16(15)21(26)29)19(27)25-12-13-4-7-17(32-22(23)24)18(10-13)31-2/h4-7,10-11,22H,3,8-9,12H2,1-2H3,(H,25,27). The second-order valence-electron chi connectivity index (χ2n) is 6.92. The van der Waals surface area contributed by atoms with E-state index < -0.39 is 24.3 Å². The van der Waals surface area contributed by atoms with Crippen molar-refractivity contribution in [3.8, 4) is 11.5 Å². The second-order valence-corrected chi connectivity index (χ2v) is 6.92. The molecule has 0 saturated carbocycles. The molecular weight excluding hydrogens is 426 g/mol. The topological polar surface area (TPSA) is 94.2 Å². The number of amides is 3. The highest BCUT2D eigenvalue weighted by molar-refractivity contribution is 6.22. The Bertz CT molecular complexity index is 1030. The highest BCUT2D eigenvalue weighted by atomic mass is 19.3. The van der Waals surface area contributed by atoms with E-state index in [9.17, 15) is 23.2 Å². The molecule has 3 rings (SSSR count). The summed E-state index contributed by atoms with van der Waals surface area (Å²) in [4.78, 5) is 38.7. The maximum atomic E-state index is 12.6. The summed E-state index contributed by atoms with van der Waals surface area (Å²) >= 11 is 0. The highest BCUT2D eigenvalue weighted by Crippen LogP contribution is 2.29. The van der Waals surface area contributed by atoms with Crippen molar-refractivity contribution in [3.63, 3.8) is 0 Å². The fraction of sp³-hybridized carbons (Fsp3) is 0.318. The number of imide groups is 1. The largest absolute Gasteiger partial charge is 0.493 e. The van der Waals surface area contributed by atoms with Gasteiger partial charge in [-0.05, 0) is 42.3 Å². The molecule has 1 heterocycles. The van der Waals surface area contributed by atoms with Crippen LogP contribution in [0.4, 0.5) is 8.78 Å². The molecule has 2 aromatic carbocycles. The van der Waals surface area contributed by atoms with Crippen LogP contribution in [0.15, 0.2) is 36.4 Å². The van der Waals surface area contributed by atoms with Gasteiger partial charge >= 0.3 is 6.61 Å². The minimum absolute atomic E-state index is 0.0806. The number of rotatable bonds is 10. The molecule has 0 unspecified atom stereocenters. The number of benzene rings is 2. The molecule has 0 atom stereocenters. The summed E-state index contributed by atoms with van der Waals surface area (Å²) in [6.07, 6.45) is 0.514. The minimum Gasteiger partial charge on any atom is -0.493 e. The van der Waals surface area contributed by atoms with Crippen LogP contribution in [-0.2, 0) is 11.3 Å². The number of nitrogens with one attached hydrogen (secondary N) is 1. The molecule has 1 aliphatic heterocycles. The van der Waals surface area contributed by atoms with Gasteiger partial charge in [0.1, 0.15) is 0 Å². The number of hydrogen-bond donors (Lipinski definition) is 1. The number of carbonyl (C=O) groups is 3. The summed E-state index contributed by atoms with van der Waals surface area (Å²) in [5, 5.41) is 2.69. The van der Waals surface area contributed by atoms with Crippen LogP contribution in [0, 0.1) is 0 Å². The molecule has 0 spiro atoms. The third-order valence-electron chi connectivity index (χ3n) is 4.86. The summed E-state index contributed by atoms with van der Waals surface area (Å²) in [6, 6.07) is 8.63. The van der Waals surface area contributed by atoms with E-state index >= 15 is 0 Å². The quantitative estimate of drug-likeness (QED) is 0.444. The second kappa shape index (κ2) is 10.2. The first-order chi connectivity index (χ1) is 15.3. The smallest absolute Gasteiger partial charge is 0.387 e. The molecule has 1 N–H and O–H groups in total. The van der Waals surface area contributed by atoms with E-state index in [1.807, 2.05) is 0 Å². The Labute approximate surface area is 183 Å². The number of hydrogen-bond acceptors (Lipinski definition) is 6. The first kappa shape index (κ1) is 23.1. The third kappa shape index (κ3) is 5.02. The summed E-state index contributed by atoms with van der Waals surface area (Å²) in [5.41, 5.74) is 1.24. The van der Waals surface area contributed by atoms with Crippen LogP contribution in [0.25, 0.3) is 0 Å². The Morgan fingerprint density at radius 1 is 1.03 bits per heavy atom. The van der Waals surface area contributed by atoms with Crippen LogP contribution in [-0.4, -0.2) is 56.6 Å². The van der Waals surface area contributed by atoms with Gasteiger partial charge in [0.15, 0.2) is 11.5 Å². The molecule has 1 aliphatic rings. The Morgan fingerprint density at radius 2 is 1.78 bits per heavy atom. The van der Waals surface area contributed by atoms with Gasteiger partial charge in [0.25, 0.3) is 17.7 Å². The van der Waals surface area contributed by atoms with Crippen molar-refractivity contribution in [3.05, 3.63) is 58.7 Å². The molecular formula is C22H22F2N2O6. The van der Waals surface area contributed by atoms with Crippen molar-refractivity contribution in [1.29, 1.82) is 0 Å². The zero-order valence-electron chi connectivity index (χ0n) is 17.5. The van der Waals surface area contributed by atoms with Crippen molar-refractivity contribution in [2.24, 2.45) is 0 Å². The van der Waals surface area contributed by atoms with E-state index in [-0.39, 0.29) is 41.3 Å².